The Bertz CT molecular complexity index is 519. The van der Waals surface area contributed by atoms with Crippen LogP contribution < -0.4 is 5.32 Å². The SMILES string of the molecule is CNC(C)c1ccc(-c2ccc(C)c(I)c2)o1. The first kappa shape index (κ1) is 12.6. The summed E-state index contributed by atoms with van der Waals surface area (Å²) in [6, 6.07) is 10.7. The second-order valence-electron chi connectivity index (χ2n) is 4.18. The molecule has 2 rings (SSSR count). The molecule has 0 aliphatic heterocycles. The molecule has 1 unspecified atom stereocenters. The van der Waals surface area contributed by atoms with Crippen LogP contribution in [0.1, 0.15) is 24.3 Å². The van der Waals surface area contributed by atoms with Gasteiger partial charge in [-0.25, -0.2) is 0 Å². The van der Waals surface area contributed by atoms with Crippen LogP contribution in [-0.2, 0) is 0 Å². The molecule has 1 aromatic carbocycles. The molecule has 0 spiro atoms. The van der Waals surface area contributed by atoms with Crippen molar-refractivity contribution in [2.24, 2.45) is 0 Å². The molecule has 1 N–H and O–H groups in total. The maximum atomic E-state index is 5.85. The van der Waals surface area contributed by atoms with Gasteiger partial charge >= 0.3 is 0 Å². The summed E-state index contributed by atoms with van der Waals surface area (Å²) in [4.78, 5) is 0. The van der Waals surface area contributed by atoms with E-state index in [1.165, 1.54) is 9.13 Å². The van der Waals surface area contributed by atoms with E-state index >= 15 is 0 Å². The first-order chi connectivity index (χ1) is 8.11. The lowest BCUT2D eigenvalue weighted by atomic mass is 10.1. The number of furan rings is 1. The molecule has 17 heavy (non-hydrogen) atoms. The number of nitrogens with one attached hydrogen (secondary N) is 1. The standard InChI is InChI=1S/C14H16INO/c1-9-4-5-11(8-12(9)15)14-7-6-13(17-14)10(2)16-3/h4-8,10,16H,1-3H3. The quantitative estimate of drug-likeness (QED) is 0.849. The fourth-order valence-corrected chi connectivity index (χ4v) is 2.14. The molecule has 0 saturated heterocycles. The predicted molar refractivity (Wildman–Crippen MR) is 79.1 cm³/mol. The van der Waals surface area contributed by atoms with Crippen molar-refractivity contribution < 1.29 is 4.42 Å². The van der Waals surface area contributed by atoms with Crippen LogP contribution in [0.25, 0.3) is 11.3 Å². The van der Waals surface area contributed by atoms with E-state index in [9.17, 15) is 0 Å². The van der Waals surface area contributed by atoms with Crippen LogP contribution in [0.2, 0.25) is 0 Å². The maximum absolute atomic E-state index is 5.85. The number of hydrogen-bond acceptors (Lipinski definition) is 2. The molecule has 0 aliphatic carbocycles. The van der Waals surface area contributed by atoms with Gasteiger partial charge in [0.15, 0.2) is 0 Å². The highest BCUT2D eigenvalue weighted by Gasteiger charge is 2.10. The van der Waals surface area contributed by atoms with Crippen LogP contribution in [0.4, 0.5) is 0 Å². The van der Waals surface area contributed by atoms with E-state index in [-0.39, 0.29) is 6.04 Å². The molecule has 90 valence electrons. The van der Waals surface area contributed by atoms with Gasteiger partial charge in [0.2, 0.25) is 0 Å². The second kappa shape index (κ2) is 5.23. The summed E-state index contributed by atoms with van der Waals surface area (Å²) in [5, 5.41) is 3.17. The number of halogens is 1. The van der Waals surface area contributed by atoms with E-state index in [0.717, 1.165) is 17.1 Å². The molecule has 0 radical (unpaired) electrons. The first-order valence-electron chi connectivity index (χ1n) is 5.65. The average Bonchev–Trinajstić information content (AvgIpc) is 2.81. The third kappa shape index (κ3) is 2.72. The normalized spacial score (nSPS) is 12.7. The fraction of sp³-hybridized carbons (Fsp3) is 0.286. The molecule has 0 amide bonds. The Balaban J connectivity index is 2.33. The summed E-state index contributed by atoms with van der Waals surface area (Å²) in [5.74, 6) is 1.90. The largest absolute Gasteiger partial charge is 0.459 e. The van der Waals surface area contributed by atoms with Crippen LogP contribution in [0.5, 0.6) is 0 Å². The van der Waals surface area contributed by atoms with E-state index in [1.54, 1.807) is 0 Å². The van der Waals surface area contributed by atoms with Crippen molar-refractivity contribution in [3.63, 3.8) is 0 Å². The zero-order valence-corrected chi connectivity index (χ0v) is 12.4. The van der Waals surface area contributed by atoms with Gasteiger partial charge in [-0.05, 0) is 67.2 Å². The highest BCUT2D eigenvalue weighted by atomic mass is 127. The minimum absolute atomic E-state index is 0.244. The molecule has 2 nitrogen and oxygen atoms in total. The summed E-state index contributed by atoms with van der Waals surface area (Å²) in [6.07, 6.45) is 0. The molecule has 0 fully saturated rings. The third-order valence-corrected chi connectivity index (χ3v) is 4.11. The van der Waals surface area contributed by atoms with Crippen LogP contribution >= 0.6 is 22.6 Å². The van der Waals surface area contributed by atoms with E-state index in [2.05, 4.69) is 60.0 Å². The molecular formula is C14H16INO. The van der Waals surface area contributed by atoms with Crippen LogP contribution in [0.3, 0.4) is 0 Å². The van der Waals surface area contributed by atoms with Crippen molar-refractivity contribution >= 4 is 22.6 Å². The number of rotatable bonds is 3. The smallest absolute Gasteiger partial charge is 0.134 e. The summed E-state index contributed by atoms with van der Waals surface area (Å²) >= 11 is 2.35. The molecule has 1 atom stereocenters. The van der Waals surface area contributed by atoms with Gasteiger partial charge in [0.25, 0.3) is 0 Å². The van der Waals surface area contributed by atoms with Gasteiger partial charge in [0.05, 0.1) is 6.04 Å². The summed E-state index contributed by atoms with van der Waals surface area (Å²) in [7, 11) is 1.93. The monoisotopic (exact) mass is 341 g/mol. The van der Waals surface area contributed by atoms with Gasteiger partial charge in [-0.15, -0.1) is 0 Å². The lowest BCUT2D eigenvalue weighted by molar-refractivity contribution is 0.458. The summed E-state index contributed by atoms with van der Waals surface area (Å²) < 4.78 is 7.12. The van der Waals surface area contributed by atoms with Crippen molar-refractivity contribution in [3.8, 4) is 11.3 Å². The van der Waals surface area contributed by atoms with Crippen molar-refractivity contribution in [1.29, 1.82) is 0 Å². The third-order valence-electron chi connectivity index (χ3n) is 2.94. The highest BCUT2D eigenvalue weighted by Crippen LogP contribution is 2.27. The van der Waals surface area contributed by atoms with Gasteiger partial charge in [-0.1, -0.05) is 12.1 Å². The average molecular weight is 341 g/mol. The minimum atomic E-state index is 0.244. The van der Waals surface area contributed by atoms with Crippen molar-refractivity contribution in [2.45, 2.75) is 19.9 Å². The minimum Gasteiger partial charge on any atom is -0.459 e. The molecule has 1 aromatic heterocycles. The van der Waals surface area contributed by atoms with Crippen molar-refractivity contribution in [1.82, 2.24) is 5.32 Å². The number of aryl methyl sites for hydroxylation is 1. The van der Waals surface area contributed by atoms with Gasteiger partial charge in [-0.3, -0.25) is 0 Å². The maximum Gasteiger partial charge on any atom is 0.134 e. The second-order valence-corrected chi connectivity index (χ2v) is 5.34. The Morgan fingerprint density at radius 2 is 2.00 bits per heavy atom. The predicted octanol–water partition coefficient (Wildman–Crippen LogP) is 4.14. The highest BCUT2D eigenvalue weighted by molar-refractivity contribution is 14.1. The van der Waals surface area contributed by atoms with E-state index in [0.29, 0.717) is 0 Å². The molecule has 0 saturated carbocycles. The number of benzene rings is 1. The summed E-state index contributed by atoms with van der Waals surface area (Å²) in [6.45, 7) is 4.20. The Hall–Kier alpha value is -0.810. The van der Waals surface area contributed by atoms with E-state index in [1.807, 2.05) is 19.2 Å². The molecular weight excluding hydrogens is 325 g/mol. The lowest BCUT2D eigenvalue weighted by Crippen LogP contribution is -2.10. The topological polar surface area (TPSA) is 25.2 Å². The zero-order valence-electron chi connectivity index (χ0n) is 10.3. The lowest BCUT2D eigenvalue weighted by Gasteiger charge is -2.06. The van der Waals surface area contributed by atoms with Crippen LogP contribution in [0.15, 0.2) is 34.7 Å². The first-order valence-corrected chi connectivity index (χ1v) is 6.73. The molecule has 1 heterocycles. The van der Waals surface area contributed by atoms with Crippen molar-refractivity contribution in [3.05, 3.63) is 45.2 Å². The molecule has 2 aromatic rings. The zero-order chi connectivity index (χ0) is 12.4. The Morgan fingerprint density at radius 1 is 1.24 bits per heavy atom. The van der Waals surface area contributed by atoms with Gasteiger partial charge < -0.3 is 9.73 Å². The molecule has 3 heteroatoms. The Kier molecular flexibility index (Phi) is 3.89. The van der Waals surface area contributed by atoms with Gasteiger partial charge in [0.1, 0.15) is 11.5 Å². The Labute approximate surface area is 116 Å². The fourth-order valence-electron chi connectivity index (χ4n) is 1.63. The number of hydrogen-bond donors (Lipinski definition) is 1. The van der Waals surface area contributed by atoms with Crippen LogP contribution in [0, 0.1) is 10.5 Å². The van der Waals surface area contributed by atoms with Crippen molar-refractivity contribution in [2.75, 3.05) is 7.05 Å². The van der Waals surface area contributed by atoms with Gasteiger partial charge in [0, 0.05) is 9.13 Å². The molecule has 0 aliphatic rings. The summed E-state index contributed by atoms with van der Waals surface area (Å²) in [5.41, 5.74) is 2.43. The van der Waals surface area contributed by atoms with Gasteiger partial charge in [-0.2, -0.15) is 0 Å². The molecule has 0 bridgehead atoms. The van der Waals surface area contributed by atoms with Crippen LogP contribution in [-0.4, -0.2) is 7.05 Å². The Morgan fingerprint density at radius 3 is 2.65 bits per heavy atom. The van der Waals surface area contributed by atoms with E-state index < -0.39 is 0 Å². The van der Waals surface area contributed by atoms with E-state index in [4.69, 9.17) is 4.42 Å².